The third-order valence-electron chi connectivity index (χ3n) is 4.05. The Morgan fingerprint density at radius 3 is 2.42 bits per heavy atom. The Morgan fingerprint density at radius 2 is 1.75 bits per heavy atom. The van der Waals surface area contributed by atoms with Crippen LogP contribution in [0.3, 0.4) is 0 Å². The van der Waals surface area contributed by atoms with Crippen LogP contribution in [0.25, 0.3) is 11.1 Å². The van der Waals surface area contributed by atoms with Crippen LogP contribution >= 0.6 is 7.52 Å². The van der Waals surface area contributed by atoms with E-state index in [1.54, 1.807) is 0 Å². The smallest absolute Gasteiger partial charge is 0.318 e. The van der Waals surface area contributed by atoms with E-state index in [-0.39, 0.29) is 12.7 Å². The van der Waals surface area contributed by atoms with Crippen molar-refractivity contribution in [1.82, 2.24) is 4.67 Å². The van der Waals surface area contributed by atoms with Crippen molar-refractivity contribution in [2.45, 2.75) is 12.6 Å². The molecular formula is C18H20NO4P. The number of aliphatic carboxylic acids is 1. The van der Waals surface area contributed by atoms with E-state index in [0.717, 1.165) is 16.7 Å². The molecule has 5 nitrogen and oxygen atoms in total. The summed E-state index contributed by atoms with van der Waals surface area (Å²) in [5.74, 6) is -0.986. The minimum atomic E-state index is -3.13. The molecule has 1 heterocycles. The quantitative estimate of drug-likeness (QED) is 0.834. The van der Waals surface area contributed by atoms with Gasteiger partial charge in [-0.1, -0.05) is 54.6 Å². The number of carbonyl (C=O) groups is 1. The van der Waals surface area contributed by atoms with Crippen molar-refractivity contribution in [2.24, 2.45) is 0 Å². The maximum atomic E-state index is 13.1. The second-order valence-electron chi connectivity index (χ2n) is 5.83. The lowest BCUT2D eigenvalue weighted by Gasteiger charge is -2.34. The Kier molecular flexibility index (Phi) is 5.14. The van der Waals surface area contributed by atoms with Gasteiger partial charge in [0.2, 0.25) is 0 Å². The Morgan fingerprint density at radius 1 is 1.08 bits per heavy atom. The van der Waals surface area contributed by atoms with Gasteiger partial charge in [-0.2, -0.15) is 0 Å². The van der Waals surface area contributed by atoms with Crippen molar-refractivity contribution in [3.05, 3.63) is 60.2 Å². The van der Waals surface area contributed by atoms with Gasteiger partial charge in [-0.25, -0.2) is 4.67 Å². The zero-order chi connectivity index (χ0) is 17.0. The van der Waals surface area contributed by atoms with Crippen LogP contribution in [0.4, 0.5) is 0 Å². The topological polar surface area (TPSA) is 66.8 Å². The van der Waals surface area contributed by atoms with E-state index >= 15 is 0 Å². The lowest BCUT2D eigenvalue weighted by atomic mass is 10.0. The summed E-state index contributed by atoms with van der Waals surface area (Å²) in [5.41, 5.74) is 3.09. The van der Waals surface area contributed by atoms with E-state index in [4.69, 9.17) is 9.63 Å². The van der Waals surface area contributed by atoms with Gasteiger partial charge in [-0.3, -0.25) is 9.36 Å². The van der Waals surface area contributed by atoms with Crippen LogP contribution in [0.15, 0.2) is 54.6 Å². The number of nitrogens with zero attached hydrogens (tertiary/aromatic N) is 1. The highest BCUT2D eigenvalue weighted by atomic mass is 31.2. The van der Waals surface area contributed by atoms with Gasteiger partial charge in [0.15, 0.2) is 0 Å². The predicted molar refractivity (Wildman–Crippen MR) is 93.0 cm³/mol. The van der Waals surface area contributed by atoms with Crippen LogP contribution in [-0.4, -0.2) is 35.4 Å². The Hall–Kier alpha value is -1.94. The van der Waals surface area contributed by atoms with Crippen molar-refractivity contribution >= 4 is 13.5 Å². The molecule has 0 bridgehead atoms. The standard InChI is InChI=1S/C18H20NO4P/c20-18(21)13-19-11-4-12-23-24(19,22)14-15-7-9-17(10-8-15)16-5-2-1-3-6-16/h1-3,5-10H,4,11-14H2,(H,20,21). The van der Waals surface area contributed by atoms with Gasteiger partial charge in [-0.15, -0.1) is 0 Å². The van der Waals surface area contributed by atoms with Gasteiger partial charge in [0.25, 0.3) is 7.52 Å². The highest BCUT2D eigenvalue weighted by Crippen LogP contribution is 2.55. The number of hydrogen-bond acceptors (Lipinski definition) is 3. The lowest BCUT2D eigenvalue weighted by molar-refractivity contribution is -0.137. The normalized spacial score (nSPS) is 21.5. The highest BCUT2D eigenvalue weighted by molar-refractivity contribution is 7.55. The van der Waals surface area contributed by atoms with Crippen molar-refractivity contribution in [3.63, 3.8) is 0 Å². The summed E-state index contributed by atoms with van der Waals surface area (Å²) in [6.07, 6.45) is 0.930. The molecule has 0 radical (unpaired) electrons. The summed E-state index contributed by atoms with van der Waals surface area (Å²) in [5, 5.41) is 9.01. The molecule has 1 saturated heterocycles. The van der Waals surface area contributed by atoms with Crippen LogP contribution < -0.4 is 0 Å². The van der Waals surface area contributed by atoms with Gasteiger partial charge in [0, 0.05) is 6.54 Å². The van der Waals surface area contributed by atoms with Gasteiger partial charge >= 0.3 is 5.97 Å². The van der Waals surface area contributed by atoms with Crippen molar-refractivity contribution in [1.29, 1.82) is 0 Å². The Labute approximate surface area is 141 Å². The van der Waals surface area contributed by atoms with E-state index < -0.39 is 13.5 Å². The predicted octanol–water partition coefficient (Wildman–Crippen LogP) is 3.85. The molecule has 0 saturated carbocycles. The molecule has 1 aliphatic heterocycles. The summed E-state index contributed by atoms with van der Waals surface area (Å²) in [4.78, 5) is 11.0. The van der Waals surface area contributed by atoms with Crippen molar-refractivity contribution in [3.8, 4) is 11.1 Å². The van der Waals surface area contributed by atoms with Crippen LogP contribution in [0.2, 0.25) is 0 Å². The average Bonchev–Trinajstić information content (AvgIpc) is 2.58. The number of rotatable bonds is 5. The number of benzene rings is 2. The molecule has 0 spiro atoms. The van der Waals surface area contributed by atoms with Gasteiger partial charge in [-0.05, 0) is 23.1 Å². The summed E-state index contributed by atoms with van der Waals surface area (Å²) >= 11 is 0. The van der Waals surface area contributed by atoms with Crippen LogP contribution in [-0.2, 0) is 20.0 Å². The van der Waals surface area contributed by atoms with Crippen LogP contribution in [0.5, 0.6) is 0 Å². The zero-order valence-electron chi connectivity index (χ0n) is 13.3. The molecule has 0 aromatic heterocycles. The van der Waals surface area contributed by atoms with Crippen molar-refractivity contribution in [2.75, 3.05) is 19.7 Å². The fraction of sp³-hybridized carbons (Fsp3) is 0.278. The van der Waals surface area contributed by atoms with Crippen LogP contribution in [0.1, 0.15) is 12.0 Å². The first-order valence-corrected chi connectivity index (χ1v) is 9.68. The molecule has 0 amide bonds. The van der Waals surface area contributed by atoms with Gasteiger partial charge in [0.05, 0.1) is 12.8 Å². The fourth-order valence-corrected chi connectivity index (χ4v) is 5.16. The summed E-state index contributed by atoms with van der Waals surface area (Å²) in [6.45, 7) is 0.653. The van der Waals surface area contributed by atoms with Gasteiger partial charge in [0.1, 0.15) is 6.54 Å². The number of hydrogen-bond donors (Lipinski definition) is 1. The minimum absolute atomic E-state index is 0.231. The zero-order valence-corrected chi connectivity index (χ0v) is 14.2. The molecular weight excluding hydrogens is 325 g/mol. The molecule has 1 atom stereocenters. The summed E-state index contributed by atoms with van der Waals surface area (Å²) in [6, 6.07) is 17.9. The largest absolute Gasteiger partial charge is 0.480 e. The molecule has 1 fully saturated rings. The second kappa shape index (κ2) is 7.31. The third-order valence-corrected chi connectivity index (χ3v) is 6.60. The SMILES string of the molecule is O=C(O)CN1CCCOP1(=O)Cc1ccc(-c2ccccc2)cc1. The maximum absolute atomic E-state index is 13.1. The van der Waals surface area contributed by atoms with E-state index in [1.165, 1.54) is 4.67 Å². The molecule has 3 rings (SSSR count). The molecule has 1 N–H and O–H groups in total. The monoisotopic (exact) mass is 345 g/mol. The Balaban J connectivity index is 1.77. The van der Waals surface area contributed by atoms with Crippen molar-refractivity contribution < 1.29 is 19.0 Å². The van der Waals surface area contributed by atoms with E-state index in [9.17, 15) is 9.36 Å². The first-order chi connectivity index (χ1) is 11.6. The molecule has 24 heavy (non-hydrogen) atoms. The van der Waals surface area contributed by atoms with E-state index in [0.29, 0.717) is 19.6 Å². The summed E-state index contributed by atoms with van der Waals surface area (Å²) in [7, 11) is -3.13. The first-order valence-electron chi connectivity index (χ1n) is 7.92. The van der Waals surface area contributed by atoms with E-state index in [1.807, 2.05) is 54.6 Å². The average molecular weight is 345 g/mol. The molecule has 2 aromatic rings. The highest BCUT2D eigenvalue weighted by Gasteiger charge is 2.36. The molecule has 1 unspecified atom stereocenters. The maximum Gasteiger partial charge on any atom is 0.318 e. The number of carboxylic acids is 1. The molecule has 6 heteroatoms. The second-order valence-corrected chi connectivity index (χ2v) is 8.24. The van der Waals surface area contributed by atoms with E-state index in [2.05, 4.69) is 0 Å². The number of carboxylic acid groups (broad SMARTS) is 1. The van der Waals surface area contributed by atoms with Crippen LogP contribution in [0, 0.1) is 0 Å². The third kappa shape index (κ3) is 3.93. The minimum Gasteiger partial charge on any atom is -0.480 e. The summed E-state index contributed by atoms with van der Waals surface area (Å²) < 4.78 is 20.1. The Bertz CT molecular complexity index is 745. The van der Waals surface area contributed by atoms with Gasteiger partial charge < -0.3 is 9.63 Å². The molecule has 126 valence electrons. The molecule has 2 aromatic carbocycles. The fourth-order valence-electron chi connectivity index (χ4n) is 2.84. The lowest BCUT2D eigenvalue weighted by Crippen LogP contribution is -2.33. The molecule has 1 aliphatic rings. The molecule has 0 aliphatic carbocycles. The first kappa shape index (κ1) is 16.9.